The molecule has 0 aliphatic carbocycles. The molecule has 9 nitrogen and oxygen atoms in total. The number of aliphatic imine (C=N–C) groups is 1. The third kappa shape index (κ3) is 4.50. The van der Waals surface area contributed by atoms with Crippen LogP contribution in [0.1, 0.15) is 18.7 Å². The number of anilines is 1. The molecule has 0 spiro atoms. The van der Waals surface area contributed by atoms with Gasteiger partial charge in [0, 0.05) is 44.1 Å². The van der Waals surface area contributed by atoms with E-state index in [9.17, 15) is 0 Å². The Morgan fingerprint density at radius 3 is 2.55 bits per heavy atom. The Kier molecular flexibility index (Phi) is 5.64. The molecule has 0 saturated carbocycles. The molecule has 150 valence electrons. The Morgan fingerprint density at radius 2 is 1.83 bits per heavy atom. The van der Waals surface area contributed by atoms with Gasteiger partial charge in [-0.25, -0.2) is 9.97 Å². The molecule has 1 aromatic carbocycles. The maximum absolute atomic E-state index is 6.21. The minimum atomic E-state index is -0.0162. The second kappa shape index (κ2) is 8.68. The molecule has 1 aliphatic rings. The lowest BCUT2D eigenvalue weighted by atomic mass is 10.2. The summed E-state index contributed by atoms with van der Waals surface area (Å²) < 4.78 is 5.42. The van der Waals surface area contributed by atoms with E-state index >= 15 is 0 Å². The molecule has 2 aromatic heterocycles. The van der Waals surface area contributed by atoms with Crippen LogP contribution in [0.15, 0.2) is 58.3 Å². The normalized spacial score (nSPS) is 16.1. The van der Waals surface area contributed by atoms with Gasteiger partial charge in [-0.15, -0.1) is 0 Å². The van der Waals surface area contributed by atoms with E-state index < -0.39 is 0 Å². The van der Waals surface area contributed by atoms with E-state index in [0.717, 1.165) is 37.7 Å². The van der Waals surface area contributed by atoms with Gasteiger partial charge in [0.05, 0.1) is 12.5 Å². The van der Waals surface area contributed by atoms with Crippen molar-refractivity contribution < 1.29 is 4.52 Å². The predicted molar refractivity (Wildman–Crippen MR) is 110 cm³/mol. The zero-order chi connectivity index (χ0) is 20.1. The summed E-state index contributed by atoms with van der Waals surface area (Å²) in [5.41, 5.74) is 7.14. The second-order valence-electron chi connectivity index (χ2n) is 6.95. The first-order valence-corrected chi connectivity index (χ1v) is 9.66. The maximum atomic E-state index is 6.21. The summed E-state index contributed by atoms with van der Waals surface area (Å²) in [5, 5.41) is 4.07. The molecular formula is C20H24N8O. The van der Waals surface area contributed by atoms with Crippen molar-refractivity contribution in [3.63, 3.8) is 0 Å². The number of hydrogen-bond donors (Lipinski definition) is 1. The lowest BCUT2D eigenvalue weighted by Crippen LogP contribution is -2.51. The number of rotatable bonds is 5. The highest BCUT2D eigenvalue weighted by molar-refractivity contribution is 5.78. The van der Waals surface area contributed by atoms with Crippen molar-refractivity contribution in [1.29, 1.82) is 0 Å². The molecule has 1 fully saturated rings. The van der Waals surface area contributed by atoms with Crippen molar-refractivity contribution in [1.82, 2.24) is 25.0 Å². The van der Waals surface area contributed by atoms with Crippen molar-refractivity contribution in [3.8, 4) is 11.4 Å². The molecule has 3 aromatic rings. The predicted octanol–water partition coefficient (Wildman–Crippen LogP) is 1.77. The molecular weight excluding hydrogens is 368 g/mol. The van der Waals surface area contributed by atoms with Crippen LogP contribution in [-0.2, 0) is 0 Å². The van der Waals surface area contributed by atoms with E-state index in [1.54, 1.807) is 12.4 Å². The monoisotopic (exact) mass is 392 g/mol. The van der Waals surface area contributed by atoms with Gasteiger partial charge in [-0.1, -0.05) is 42.4 Å². The molecule has 4 rings (SSSR count). The van der Waals surface area contributed by atoms with Gasteiger partial charge in [0.15, 0.2) is 5.96 Å². The molecule has 0 bridgehead atoms. The molecule has 0 radical (unpaired) electrons. The van der Waals surface area contributed by atoms with Gasteiger partial charge in [0.2, 0.25) is 17.7 Å². The van der Waals surface area contributed by atoms with E-state index in [2.05, 4.69) is 34.9 Å². The van der Waals surface area contributed by atoms with Gasteiger partial charge in [0.25, 0.3) is 0 Å². The Labute approximate surface area is 169 Å². The van der Waals surface area contributed by atoms with Crippen LogP contribution >= 0.6 is 0 Å². The first-order chi connectivity index (χ1) is 14.2. The standard InChI is InChI=1S/C20H24N8O/c1-15(18-25-17(26-29-18)16-6-3-2-4-7-16)14-24-19(21)27-10-12-28(13-11-27)20-22-8-5-9-23-20/h2-9,15H,10-14H2,1H3,(H2,21,24). The van der Waals surface area contributed by atoms with E-state index in [1.807, 2.05) is 43.3 Å². The highest BCUT2D eigenvalue weighted by atomic mass is 16.5. The number of piperazine rings is 1. The number of aromatic nitrogens is 4. The van der Waals surface area contributed by atoms with E-state index in [4.69, 9.17) is 10.3 Å². The highest BCUT2D eigenvalue weighted by Crippen LogP contribution is 2.19. The molecule has 1 unspecified atom stereocenters. The average molecular weight is 392 g/mol. The summed E-state index contributed by atoms with van der Waals surface area (Å²) in [7, 11) is 0. The molecule has 1 atom stereocenters. The van der Waals surface area contributed by atoms with Crippen molar-refractivity contribution >= 4 is 11.9 Å². The topological polar surface area (TPSA) is 110 Å². The van der Waals surface area contributed by atoms with Crippen LogP contribution in [-0.4, -0.2) is 63.7 Å². The van der Waals surface area contributed by atoms with Crippen molar-refractivity contribution in [2.75, 3.05) is 37.6 Å². The first-order valence-electron chi connectivity index (χ1n) is 9.66. The van der Waals surface area contributed by atoms with Crippen molar-refractivity contribution in [2.45, 2.75) is 12.8 Å². The molecule has 1 aliphatic heterocycles. The van der Waals surface area contributed by atoms with E-state index in [1.165, 1.54) is 0 Å². The molecule has 0 amide bonds. The SMILES string of the molecule is CC(CN=C(N)N1CCN(c2ncccn2)CC1)c1nc(-c2ccccc2)no1. The van der Waals surface area contributed by atoms with Gasteiger partial charge >= 0.3 is 0 Å². The van der Waals surface area contributed by atoms with E-state index in [0.29, 0.717) is 24.2 Å². The summed E-state index contributed by atoms with van der Waals surface area (Å²) in [4.78, 5) is 21.9. The lowest BCUT2D eigenvalue weighted by Gasteiger charge is -2.35. The molecule has 1 saturated heterocycles. The summed E-state index contributed by atoms with van der Waals surface area (Å²) in [5.74, 6) is 2.42. The average Bonchev–Trinajstić information content (AvgIpc) is 3.29. The maximum Gasteiger partial charge on any atom is 0.231 e. The summed E-state index contributed by atoms with van der Waals surface area (Å²) in [6, 6.07) is 11.6. The van der Waals surface area contributed by atoms with Crippen molar-refractivity contribution in [3.05, 3.63) is 54.7 Å². The molecule has 29 heavy (non-hydrogen) atoms. The number of nitrogens with zero attached hydrogens (tertiary/aromatic N) is 7. The zero-order valence-corrected chi connectivity index (χ0v) is 16.3. The van der Waals surface area contributed by atoms with Gasteiger partial charge < -0.3 is 20.1 Å². The number of nitrogens with two attached hydrogens (primary N) is 1. The Morgan fingerprint density at radius 1 is 1.10 bits per heavy atom. The fraction of sp³-hybridized carbons (Fsp3) is 0.350. The first kappa shape index (κ1) is 18.9. The minimum absolute atomic E-state index is 0.0162. The summed E-state index contributed by atoms with van der Waals surface area (Å²) >= 11 is 0. The number of hydrogen-bond acceptors (Lipinski definition) is 7. The highest BCUT2D eigenvalue weighted by Gasteiger charge is 2.21. The van der Waals surface area contributed by atoms with Crippen LogP contribution in [0.4, 0.5) is 5.95 Å². The van der Waals surface area contributed by atoms with Crippen LogP contribution in [0.5, 0.6) is 0 Å². The van der Waals surface area contributed by atoms with Crippen LogP contribution in [0.2, 0.25) is 0 Å². The van der Waals surface area contributed by atoms with Crippen LogP contribution in [0, 0.1) is 0 Å². The third-order valence-corrected chi connectivity index (χ3v) is 4.86. The molecule has 9 heteroatoms. The number of guanidine groups is 1. The van der Waals surface area contributed by atoms with Gasteiger partial charge in [0.1, 0.15) is 0 Å². The fourth-order valence-electron chi connectivity index (χ4n) is 3.14. The Hall–Kier alpha value is -3.49. The third-order valence-electron chi connectivity index (χ3n) is 4.86. The van der Waals surface area contributed by atoms with Gasteiger partial charge in [-0.05, 0) is 6.07 Å². The smallest absolute Gasteiger partial charge is 0.231 e. The quantitative estimate of drug-likeness (QED) is 0.517. The van der Waals surface area contributed by atoms with Crippen molar-refractivity contribution in [2.24, 2.45) is 10.7 Å². The molecule has 2 N–H and O–H groups in total. The van der Waals surface area contributed by atoms with Gasteiger partial charge in [-0.2, -0.15) is 4.98 Å². The largest absolute Gasteiger partial charge is 0.370 e. The fourth-order valence-corrected chi connectivity index (χ4v) is 3.14. The minimum Gasteiger partial charge on any atom is -0.370 e. The zero-order valence-electron chi connectivity index (χ0n) is 16.3. The lowest BCUT2D eigenvalue weighted by molar-refractivity contribution is 0.358. The van der Waals surface area contributed by atoms with Crippen LogP contribution in [0.25, 0.3) is 11.4 Å². The van der Waals surface area contributed by atoms with Crippen LogP contribution < -0.4 is 10.6 Å². The Bertz CT molecular complexity index is 935. The summed E-state index contributed by atoms with van der Waals surface area (Å²) in [6.45, 7) is 5.66. The van der Waals surface area contributed by atoms with E-state index in [-0.39, 0.29) is 5.92 Å². The van der Waals surface area contributed by atoms with Crippen LogP contribution in [0.3, 0.4) is 0 Å². The molecule has 3 heterocycles. The van der Waals surface area contributed by atoms with Gasteiger partial charge in [-0.3, -0.25) is 4.99 Å². The summed E-state index contributed by atoms with van der Waals surface area (Å²) in [6.07, 6.45) is 3.51. The second-order valence-corrected chi connectivity index (χ2v) is 6.95. The number of benzene rings is 1. The Balaban J connectivity index is 1.32.